The van der Waals surface area contributed by atoms with E-state index in [4.69, 9.17) is 9.32 Å². The minimum absolute atomic E-state index is 0.133. The summed E-state index contributed by atoms with van der Waals surface area (Å²) in [6.07, 6.45) is 6.33. The Morgan fingerprint density at radius 1 is 1.14 bits per heavy atom. The van der Waals surface area contributed by atoms with Crippen LogP contribution in [-0.2, 0) is 20.9 Å². The predicted molar refractivity (Wildman–Crippen MR) is 112 cm³/mol. The molecule has 1 saturated carbocycles. The van der Waals surface area contributed by atoms with Crippen LogP contribution in [0.5, 0.6) is 0 Å². The van der Waals surface area contributed by atoms with Crippen molar-refractivity contribution in [3.05, 3.63) is 47.3 Å². The molecule has 156 valence electrons. The van der Waals surface area contributed by atoms with Crippen molar-refractivity contribution in [3.8, 4) is 0 Å². The van der Waals surface area contributed by atoms with Crippen LogP contribution in [0.1, 0.15) is 48.4 Å². The average molecular weight is 418 g/mol. The van der Waals surface area contributed by atoms with Gasteiger partial charge in [-0.25, -0.2) is 15.1 Å². The number of benzene rings is 1. The zero-order valence-electron chi connectivity index (χ0n) is 16.5. The number of rotatable bonds is 7. The molecule has 4 rings (SSSR count). The number of nitrogens with two attached hydrogens (primary N) is 1. The molecular formula is C20H27N5O3S. The van der Waals surface area contributed by atoms with Gasteiger partial charge in [-0.3, -0.25) is 4.18 Å². The van der Waals surface area contributed by atoms with Crippen molar-refractivity contribution in [3.63, 3.8) is 0 Å². The summed E-state index contributed by atoms with van der Waals surface area (Å²) in [7, 11) is -3.88. The SMILES string of the molecule is Cc1ccc2c(c1)CCC2Nc1cc(N[C@H]2CC[C@@H](COS(N)(=O)=O)C2)ncn1. The number of anilines is 2. The van der Waals surface area contributed by atoms with Crippen molar-refractivity contribution in [2.24, 2.45) is 11.1 Å². The molecule has 2 aliphatic carbocycles. The minimum Gasteiger partial charge on any atom is -0.367 e. The van der Waals surface area contributed by atoms with Gasteiger partial charge in [0.1, 0.15) is 18.0 Å². The van der Waals surface area contributed by atoms with E-state index < -0.39 is 10.3 Å². The van der Waals surface area contributed by atoms with Gasteiger partial charge >= 0.3 is 10.3 Å². The predicted octanol–water partition coefficient (Wildman–Crippen LogP) is 2.69. The molecule has 1 aromatic heterocycles. The van der Waals surface area contributed by atoms with E-state index in [1.807, 2.05) is 6.07 Å². The van der Waals surface area contributed by atoms with Crippen LogP contribution in [0.25, 0.3) is 0 Å². The lowest BCUT2D eigenvalue weighted by Crippen LogP contribution is -2.21. The molecule has 0 amide bonds. The number of nitrogens with one attached hydrogen (secondary N) is 2. The second-order valence-corrected chi connectivity index (χ2v) is 9.25. The molecule has 0 bridgehead atoms. The van der Waals surface area contributed by atoms with Crippen molar-refractivity contribution >= 4 is 21.9 Å². The second kappa shape index (κ2) is 8.25. The van der Waals surface area contributed by atoms with Gasteiger partial charge in [0.15, 0.2) is 0 Å². The lowest BCUT2D eigenvalue weighted by Gasteiger charge is -2.17. The van der Waals surface area contributed by atoms with Crippen molar-refractivity contribution < 1.29 is 12.6 Å². The Bertz CT molecular complexity index is 982. The average Bonchev–Trinajstić information content (AvgIpc) is 3.27. The number of aryl methyl sites for hydroxylation is 2. The van der Waals surface area contributed by atoms with E-state index in [1.54, 1.807) is 6.33 Å². The summed E-state index contributed by atoms with van der Waals surface area (Å²) >= 11 is 0. The fourth-order valence-corrected chi connectivity index (χ4v) is 4.73. The lowest BCUT2D eigenvalue weighted by atomic mass is 10.1. The molecule has 0 aliphatic heterocycles. The molecule has 8 nitrogen and oxygen atoms in total. The minimum atomic E-state index is -3.88. The first-order chi connectivity index (χ1) is 13.9. The van der Waals surface area contributed by atoms with E-state index in [2.05, 4.69) is 45.7 Å². The molecule has 1 fully saturated rings. The first kappa shape index (κ1) is 20.1. The molecule has 1 heterocycles. The van der Waals surface area contributed by atoms with Crippen molar-refractivity contribution in [2.45, 2.75) is 51.1 Å². The van der Waals surface area contributed by atoms with Crippen LogP contribution in [0.4, 0.5) is 11.6 Å². The Morgan fingerprint density at radius 2 is 1.93 bits per heavy atom. The van der Waals surface area contributed by atoms with Crippen molar-refractivity contribution in [2.75, 3.05) is 17.2 Å². The van der Waals surface area contributed by atoms with Crippen molar-refractivity contribution in [1.82, 2.24) is 9.97 Å². The van der Waals surface area contributed by atoms with E-state index in [0.29, 0.717) is 0 Å². The zero-order chi connectivity index (χ0) is 20.4. The van der Waals surface area contributed by atoms with Crippen LogP contribution in [0, 0.1) is 12.8 Å². The highest BCUT2D eigenvalue weighted by Crippen LogP contribution is 2.34. The van der Waals surface area contributed by atoms with Crippen molar-refractivity contribution in [1.29, 1.82) is 0 Å². The van der Waals surface area contributed by atoms with Gasteiger partial charge in [-0.2, -0.15) is 8.42 Å². The molecule has 4 N–H and O–H groups in total. The summed E-state index contributed by atoms with van der Waals surface area (Å²) in [6, 6.07) is 9.04. The Morgan fingerprint density at radius 3 is 2.72 bits per heavy atom. The third-order valence-corrected chi connectivity index (χ3v) is 6.19. The largest absolute Gasteiger partial charge is 0.367 e. The molecule has 2 aromatic rings. The van der Waals surface area contributed by atoms with Gasteiger partial charge in [0.25, 0.3) is 0 Å². The lowest BCUT2D eigenvalue weighted by molar-refractivity contribution is 0.256. The summed E-state index contributed by atoms with van der Waals surface area (Å²) in [5.74, 6) is 1.74. The van der Waals surface area contributed by atoms with Crippen LogP contribution >= 0.6 is 0 Å². The maximum absolute atomic E-state index is 10.9. The Hall–Kier alpha value is -2.23. The topological polar surface area (TPSA) is 119 Å². The molecule has 0 spiro atoms. The Balaban J connectivity index is 1.34. The summed E-state index contributed by atoms with van der Waals surface area (Å²) in [6.45, 7) is 2.26. The van der Waals surface area contributed by atoms with E-state index >= 15 is 0 Å². The van der Waals surface area contributed by atoms with Crippen LogP contribution in [0.2, 0.25) is 0 Å². The number of fused-ring (bicyclic) bond motifs is 1. The molecule has 1 unspecified atom stereocenters. The molecular weight excluding hydrogens is 390 g/mol. The van der Waals surface area contributed by atoms with E-state index in [0.717, 1.165) is 43.7 Å². The van der Waals surface area contributed by atoms with Gasteiger partial charge in [0.2, 0.25) is 0 Å². The number of aromatic nitrogens is 2. The fraction of sp³-hybridized carbons (Fsp3) is 0.500. The number of hydrogen-bond acceptors (Lipinski definition) is 7. The number of hydrogen-bond donors (Lipinski definition) is 3. The summed E-state index contributed by atoms with van der Waals surface area (Å²) in [5, 5.41) is 11.9. The summed E-state index contributed by atoms with van der Waals surface area (Å²) < 4.78 is 26.6. The molecule has 0 saturated heterocycles. The molecule has 1 aromatic carbocycles. The summed E-state index contributed by atoms with van der Waals surface area (Å²) in [5.41, 5.74) is 4.05. The Labute approximate surface area is 171 Å². The standard InChI is InChI=1S/C20H27N5O3S/c1-13-2-6-17-15(8-13)4-7-18(17)25-20-10-19(22-12-23-20)24-16-5-3-14(9-16)11-28-29(21,26)27/h2,6,8,10,12,14,16,18H,3-5,7,9,11H2,1H3,(H2,21,26,27)(H2,22,23,24,25)/t14-,16+,18?/m1/s1. The fourth-order valence-electron chi connectivity index (χ4n) is 4.35. The highest BCUT2D eigenvalue weighted by atomic mass is 32.2. The van der Waals surface area contributed by atoms with Gasteiger partial charge in [0.05, 0.1) is 12.6 Å². The normalized spacial score (nSPS) is 23.7. The molecule has 29 heavy (non-hydrogen) atoms. The first-order valence-corrected chi connectivity index (χ1v) is 11.4. The maximum atomic E-state index is 10.9. The molecule has 3 atom stereocenters. The molecule has 9 heteroatoms. The van der Waals surface area contributed by atoms with Gasteiger partial charge in [0, 0.05) is 12.1 Å². The van der Waals surface area contributed by atoms with Crippen LogP contribution in [-0.4, -0.2) is 31.0 Å². The monoisotopic (exact) mass is 417 g/mol. The van der Waals surface area contributed by atoms with Gasteiger partial charge in [-0.05, 0) is 56.1 Å². The Kier molecular flexibility index (Phi) is 5.71. The highest BCUT2D eigenvalue weighted by molar-refractivity contribution is 7.84. The summed E-state index contributed by atoms with van der Waals surface area (Å²) in [4.78, 5) is 8.71. The third-order valence-electron chi connectivity index (χ3n) is 5.73. The quantitative estimate of drug-likeness (QED) is 0.633. The van der Waals surface area contributed by atoms with Crippen LogP contribution < -0.4 is 15.8 Å². The van der Waals surface area contributed by atoms with Gasteiger partial charge in [-0.1, -0.05) is 23.8 Å². The highest BCUT2D eigenvalue weighted by Gasteiger charge is 2.27. The van der Waals surface area contributed by atoms with E-state index in [1.165, 1.54) is 16.7 Å². The molecule has 2 aliphatic rings. The first-order valence-electron chi connectivity index (χ1n) is 9.97. The maximum Gasteiger partial charge on any atom is 0.333 e. The van der Waals surface area contributed by atoms with E-state index in [9.17, 15) is 8.42 Å². The number of nitrogens with zero attached hydrogens (tertiary/aromatic N) is 2. The van der Waals surface area contributed by atoms with E-state index in [-0.39, 0.29) is 24.6 Å². The smallest absolute Gasteiger partial charge is 0.333 e. The second-order valence-electron chi connectivity index (χ2n) is 8.02. The van der Waals surface area contributed by atoms with Crippen LogP contribution in [0.3, 0.4) is 0 Å². The third kappa shape index (κ3) is 5.23. The molecule has 0 radical (unpaired) electrons. The van der Waals surface area contributed by atoms with Gasteiger partial charge < -0.3 is 10.6 Å². The zero-order valence-corrected chi connectivity index (χ0v) is 17.3. The van der Waals surface area contributed by atoms with Gasteiger partial charge in [-0.15, -0.1) is 0 Å². The van der Waals surface area contributed by atoms with Crippen LogP contribution in [0.15, 0.2) is 30.6 Å².